The van der Waals surface area contributed by atoms with Crippen LogP contribution in [0.25, 0.3) is 10.9 Å². The standard InChI is InChI=1S/C32H28ClN3O5/c1-36-30-24(9-12-27(37)23-5-3-2-4-6-23)16-22(15-21-13-14-41-28(38)18-21)17-26(30)31(39)29(35-36)32(40)34-19-20-7-10-25(33)11-8-20/h2-8,10-11,16-17,21,27,37H,13-15,18-19H2,1H3,(H,34,40). The van der Waals surface area contributed by atoms with Crippen molar-refractivity contribution in [1.29, 1.82) is 0 Å². The lowest BCUT2D eigenvalue weighted by Gasteiger charge is -2.21. The van der Waals surface area contributed by atoms with Crippen molar-refractivity contribution in [3.8, 4) is 11.8 Å². The van der Waals surface area contributed by atoms with Crippen LogP contribution in [-0.2, 0) is 29.5 Å². The Kier molecular flexibility index (Phi) is 8.48. The molecule has 2 N–H and O–H groups in total. The van der Waals surface area contributed by atoms with E-state index in [2.05, 4.69) is 22.3 Å². The number of cyclic esters (lactones) is 1. The van der Waals surface area contributed by atoms with Crippen LogP contribution in [-0.4, -0.2) is 33.4 Å². The Morgan fingerprint density at radius 1 is 1.15 bits per heavy atom. The maximum Gasteiger partial charge on any atom is 0.306 e. The molecule has 3 aromatic carbocycles. The number of halogens is 1. The number of hydrogen-bond acceptors (Lipinski definition) is 6. The molecule has 2 atom stereocenters. The molecule has 1 aromatic heterocycles. The molecule has 4 aromatic rings. The third-order valence-electron chi connectivity index (χ3n) is 7.01. The number of esters is 1. The normalized spacial score (nSPS) is 15.5. The molecular formula is C32H28ClN3O5. The Morgan fingerprint density at radius 2 is 1.90 bits per heavy atom. The number of aliphatic hydroxyl groups excluding tert-OH is 1. The Hall–Kier alpha value is -4.45. The van der Waals surface area contributed by atoms with Gasteiger partial charge in [0, 0.05) is 25.0 Å². The number of hydrogen-bond donors (Lipinski definition) is 2. The van der Waals surface area contributed by atoms with Crippen LogP contribution in [0.4, 0.5) is 0 Å². The molecule has 1 amide bonds. The number of rotatable bonds is 6. The quantitative estimate of drug-likeness (QED) is 0.267. The van der Waals surface area contributed by atoms with Crippen molar-refractivity contribution < 1.29 is 19.4 Å². The first-order valence-electron chi connectivity index (χ1n) is 13.2. The van der Waals surface area contributed by atoms with Gasteiger partial charge in [0.2, 0.25) is 5.43 Å². The van der Waals surface area contributed by atoms with Crippen LogP contribution in [0.15, 0.2) is 71.5 Å². The minimum absolute atomic E-state index is 0.0530. The highest BCUT2D eigenvalue weighted by atomic mass is 35.5. The minimum Gasteiger partial charge on any atom is -0.466 e. The van der Waals surface area contributed by atoms with E-state index >= 15 is 0 Å². The number of nitrogens with zero attached hydrogens (tertiary/aromatic N) is 2. The fourth-order valence-corrected chi connectivity index (χ4v) is 5.05. The number of aliphatic hydroxyl groups is 1. The molecule has 0 bridgehead atoms. The molecule has 2 heterocycles. The van der Waals surface area contributed by atoms with Crippen LogP contribution in [0.5, 0.6) is 0 Å². The summed E-state index contributed by atoms with van der Waals surface area (Å²) in [6.07, 6.45) is 0.499. The largest absolute Gasteiger partial charge is 0.466 e. The average molecular weight is 570 g/mol. The lowest BCUT2D eigenvalue weighted by Crippen LogP contribution is -2.31. The number of nitrogens with one attached hydrogen (secondary N) is 1. The number of benzene rings is 3. The summed E-state index contributed by atoms with van der Waals surface area (Å²) in [5, 5.41) is 18.6. The van der Waals surface area contributed by atoms with E-state index in [0.29, 0.717) is 47.5 Å². The second-order valence-electron chi connectivity index (χ2n) is 10.0. The average Bonchev–Trinajstić information content (AvgIpc) is 2.97. The molecule has 1 saturated heterocycles. The number of aryl methyl sites for hydroxylation is 1. The Bertz CT molecular complexity index is 1720. The van der Waals surface area contributed by atoms with Gasteiger partial charge in [-0.15, -0.1) is 0 Å². The van der Waals surface area contributed by atoms with Crippen LogP contribution < -0.4 is 10.7 Å². The van der Waals surface area contributed by atoms with Crippen molar-refractivity contribution in [2.75, 3.05) is 6.61 Å². The van der Waals surface area contributed by atoms with Gasteiger partial charge in [0.1, 0.15) is 6.10 Å². The third kappa shape index (κ3) is 6.65. The molecule has 9 heteroatoms. The summed E-state index contributed by atoms with van der Waals surface area (Å²) < 4.78 is 6.55. The molecule has 1 aliphatic heterocycles. The molecule has 208 valence electrons. The SMILES string of the molecule is Cn1nc(C(=O)NCc2ccc(Cl)cc2)c(=O)c2cc(CC3CCOC(=O)C3)cc(C#CC(O)c3ccccc3)c21. The first-order chi connectivity index (χ1) is 19.8. The predicted octanol–water partition coefficient (Wildman–Crippen LogP) is 4.10. The zero-order valence-corrected chi connectivity index (χ0v) is 23.1. The van der Waals surface area contributed by atoms with Crippen molar-refractivity contribution in [2.24, 2.45) is 13.0 Å². The molecule has 41 heavy (non-hydrogen) atoms. The van der Waals surface area contributed by atoms with Gasteiger partial charge in [-0.2, -0.15) is 5.10 Å². The van der Waals surface area contributed by atoms with E-state index in [4.69, 9.17) is 16.3 Å². The Balaban J connectivity index is 1.53. The number of aromatic nitrogens is 2. The van der Waals surface area contributed by atoms with E-state index in [1.165, 1.54) is 4.68 Å². The number of carbonyl (C=O) groups excluding carboxylic acids is 2. The summed E-state index contributed by atoms with van der Waals surface area (Å²) in [6, 6.07) is 19.7. The van der Waals surface area contributed by atoms with Crippen molar-refractivity contribution >= 4 is 34.4 Å². The molecule has 0 aliphatic carbocycles. The van der Waals surface area contributed by atoms with E-state index in [1.807, 2.05) is 24.3 Å². The van der Waals surface area contributed by atoms with Crippen molar-refractivity contribution in [2.45, 2.75) is 31.9 Å². The highest BCUT2D eigenvalue weighted by Gasteiger charge is 2.23. The molecule has 1 aliphatic rings. The number of ether oxygens (including phenoxy) is 1. The maximum absolute atomic E-state index is 13.7. The van der Waals surface area contributed by atoms with E-state index in [9.17, 15) is 19.5 Å². The smallest absolute Gasteiger partial charge is 0.306 e. The summed E-state index contributed by atoms with van der Waals surface area (Å²) in [5.41, 5.74) is 2.44. The summed E-state index contributed by atoms with van der Waals surface area (Å²) in [6.45, 7) is 0.557. The molecule has 8 nitrogen and oxygen atoms in total. The van der Waals surface area contributed by atoms with Gasteiger partial charge in [-0.25, -0.2) is 0 Å². The van der Waals surface area contributed by atoms with Crippen LogP contribution in [0.3, 0.4) is 0 Å². The van der Waals surface area contributed by atoms with E-state index in [1.54, 1.807) is 49.5 Å². The van der Waals surface area contributed by atoms with Gasteiger partial charge in [-0.3, -0.25) is 19.1 Å². The number of fused-ring (bicyclic) bond motifs is 1. The number of carbonyl (C=O) groups is 2. The lowest BCUT2D eigenvalue weighted by molar-refractivity contribution is -0.149. The third-order valence-corrected chi connectivity index (χ3v) is 7.26. The second-order valence-corrected chi connectivity index (χ2v) is 10.5. The van der Waals surface area contributed by atoms with Crippen LogP contribution >= 0.6 is 11.6 Å². The van der Waals surface area contributed by atoms with Gasteiger partial charge in [-0.1, -0.05) is 65.9 Å². The minimum atomic E-state index is -1.04. The van der Waals surface area contributed by atoms with Gasteiger partial charge in [0.05, 0.1) is 23.1 Å². The van der Waals surface area contributed by atoms with Gasteiger partial charge in [-0.05, 0) is 59.7 Å². The monoisotopic (exact) mass is 569 g/mol. The zero-order chi connectivity index (χ0) is 28.9. The molecule has 2 unspecified atom stereocenters. The number of amides is 1. The first-order valence-corrected chi connectivity index (χ1v) is 13.6. The Labute approximate surface area is 241 Å². The van der Waals surface area contributed by atoms with Crippen molar-refractivity contribution in [1.82, 2.24) is 15.1 Å². The van der Waals surface area contributed by atoms with Gasteiger partial charge in [0.25, 0.3) is 5.91 Å². The van der Waals surface area contributed by atoms with Crippen LogP contribution in [0.1, 0.15) is 51.7 Å². The van der Waals surface area contributed by atoms with Crippen LogP contribution in [0, 0.1) is 17.8 Å². The summed E-state index contributed by atoms with van der Waals surface area (Å²) in [5.74, 6) is 5.12. The van der Waals surface area contributed by atoms with Crippen LogP contribution in [0.2, 0.25) is 5.02 Å². The fraction of sp³-hybridized carbons (Fsp3) is 0.250. The topological polar surface area (TPSA) is 111 Å². The second kappa shape index (κ2) is 12.4. The fourth-order valence-electron chi connectivity index (χ4n) is 4.93. The molecule has 1 fully saturated rings. The first kappa shape index (κ1) is 28.1. The molecule has 0 radical (unpaired) electrons. The molecular weight excluding hydrogens is 542 g/mol. The molecule has 5 rings (SSSR count). The van der Waals surface area contributed by atoms with E-state index in [0.717, 1.165) is 11.1 Å². The predicted molar refractivity (Wildman–Crippen MR) is 155 cm³/mol. The van der Waals surface area contributed by atoms with Gasteiger partial charge >= 0.3 is 5.97 Å². The molecule has 0 saturated carbocycles. The highest BCUT2D eigenvalue weighted by molar-refractivity contribution is 6.30. The van der Waals surface area contributed by atoms with Gasteiger partial charge < -0.3 is 15.2 Å². The van der Waals surface area contributed by atoms with E-state index in [-0.39, 0.29) is 29.5 Å². The van der Waals surface area contributed by atoms with Gasteiger partial charge in [0.15, 0.2) is 5.69 Å². The zero-order valence-electron chi connectivity index (χ0n) is 22.4. The van der Waals surface area contributed by atoms with E-state index < -0.39 is 17.4 Å². The highest BCUT2D eigenvalue weighted by Crippen LogP contribution is 2.25. The summed E-state index contributed by atoms with van der Waals surface area (Å²) in [4.78, 5) is 38.6. The summed E-state index contributed by atoms with van der Waals surface area (Å²) in [7, 11) is 1.65. The van der Waals surface area contributed by atoms with Crippen molar-refractivity contribution in [3.63, 3.8) is 0 Å². The van der Waals surface area contributed by atoms with Crippen molar-refractivity contribution in [3.05, 3.63) is 110 Å². The lowest BCUT2D eigenvalue weighted by atomic mass is 9.90. The molecule has 0 spiro atoms. The Morgan fingerprint density at radius 3 is 2.63 bits per heavy atom. The summed E-state index contributed by atoms with van der Waals surface area (Å²) >= 11 is 5.94. The maximum atomic E-state index is 13.7.